The summed E-state index contributed by atoms with van der Waals surface area (Å²) in [5.41, 5.74) is 1.90. The van der Waals surface area contributed by atoms with Crippen molar-refractivity contribution in [3.8, 4) is 17.1 Å². The first kappa shape index (κ1) is 22.6. The first-order valence-electron chi connectivity index (χ1n) is 11.2. The molecule has 8 nitrogen and oxygen atoms in total. The number of aromatic nitrogens is 5. The van der Waals surface area contributed by atoms with Crippen molar-refractivity contribution in [2.24, 2.45) is 12.0 Å². The van der Waals surface area contributed by atoms with Gasteiger partial charge < -0.3 is 14.0 Å². The fraction of sp³-hybridized carbons (Fsp3) is 0.240. The first-order chi connectivity index (χ1) is 16.8. The van der Waals surface area contributed by atoms with Gasteiger partial charge in [-0.1, -0.05) is 6.07 Å². The molecular weight excluding hydrogens is 452 g/mol. The number of fused-ring (bicyclic) bond motifs is 2. The number of aliphatic imine (C=N–C) groups is 1. The number of H-pyrrole nitrogens is 1. The average Bonchev–Trinajstić information content (AvgIpc) is 3.47. The molecule has 0 saturated carbocycles. The molecule has 0 atom stereocenters. The maximum atomic E-state index is 14.8. The van der Waals surface area contributed by atoms with Crippen molar-refractivity contribution in [3.05, 3.63) is 70.9 Å². The van der Waals surface area contributed by atoms with Gasteiger partial charge >= 0.3 is 5.69 Å². The van der Waals surface area contributed by atoms with E-state index in [-0.39, 0.29) is 5.82 Å². The lowest BCUT2D eigenvalue weighted by Gasteiger charge is -2.05. The van der Waals surface area contributed by atoms with E-state index in [1.54, 1.807) is 42.3 Å². The van der Waals surface area contributed by atoms with Gasteiger partial charge in [-0.2, -0.15) is 5.10 Å². The van der Waals surface area contributed by atoms with Crippen molar-refractivity contribution in [1.82, 2.24) is 28.8 Å². The van der Waals surface area contributed by atoms with Gasteiger partial charge in [0.05, 0.1) is 23.1 Å². The minimum absolute atomic E-state index is 0.254. The van der Waals surface area contributed by atoms with Crippen molar-refractivity contribution < 1.29 is 8.78 Å². The minimum Gasteiger partial charge on any atom is -0.369 e. The van der Waals surface area contributed by atoms with Crippen LogP contribution in [0.5, 0.6) is 0 Å². The smallest absolute Gasteiger partial charge is 0.348 e. The molecule has 0 aliphatic carbocycles. The molecule has 35 heavy (non-hydrogen) atoms. The number of rotatable bonds is 7. The molecule has 0 bridgehead atoms. The Morgan fingerprint density at radius 3 is 2.77 bits per heavy atom. The maximum absolute atomic E-state index is 14.8. The largest absolute Gasteiger partial charge is 0.369 e. The molecule has 0 saturated heterocycles. The molecule has 0 fully saturated rings. The van der Waals surface area contributed by atoms with Gasteiger partial charge in [0.25, 0.3) is 0 Å². The van der Waals surface area contributed by atoms with Crippen LogP contribution >= 0.6 is 0 Å². The number of hydrogen-bond donors (Lipinski definition) is 1. The van der Waals surface area contributed by atoms with Gasteiger partial charge in [0.2, 0.25) is 0 Å². The number of nitrogens with zero attached hydrogens (tertiary/aromatic N) is 6. The van der Waals surface area contributed by atoms with Crippen molar-refractivity contribution in [2.75, 3.05) is 20.6 Å². The van der Waals surface area contributed by atoms with Gasteiger partial charge in [0.1, 0.15) is 11.6 Å². The Balaban J connectivity index is 1.64. The summed E-state index contributed by atoms with van der Waals surface area (Å²) < 4.78 is 34.3. The second-order valence-corrected chi connectivity index (χ2v) is 8.68. The fourth-order valence-corrected chi connectivity index (χ4v) is 4.44. The lowest BCUT2D eigenvalue weighted by molar-refractivity contribution is 0.625. The zero-order chi connectivity index (χ0) is 24.7. The normalized spacial score (nSPS) is 11.9. The van der Waals surface area contributed by atoms with Crippen LogP contribution in [-0.4, -0.2) is 55.8 Å². The van der Waals surface area contributed by atoms with E-state index in [2.05, 4.69) is 15.2 Å². The van der Waals surface area contributed by atoms with E-state index in [0.29, 0.717) is 40.6 Å². The van der Waals surface area contributed by atoms with E-state index in [0.717, 1.165) is 11.9 Å². The zero-order valence-electron chi connectivity index (χ0n) is 19.7. The van der Waals surface area contributed by atoms with E-state index < -0.39 is 17.3 Å². The Labute approximate surface area is 199 Å². The maximum Gasteiger partial charge on any atom is 0.348 e. The molecule has 0 unspecified atom stereocenters. The van der Waals surface area contributed by atoms with Crippen LogP contribution in [0.15, 0.2) is 58.6 Å². The molecule has 0 aliphatic heterocycles. The summed E-state index contributed by atoms with van der Waals surface area (Å²) in [6, 6.07) is 9.31. The van der Waals surface area contributed by atoms with Crippen LogP contribution in [0.1, 0.15) is 6.42 Å². The summed E-state index contributed by atoms with van der Waals surface area (Å²) in [4.78, 5) is 19.2. The summed E-state index contributed by atoms with van der Waals surface area (Å²) in [7, 11) is 5.62. The molecular formula is C25H25F2N7O. The van der Waals surface area contributed by atoms with E-state index in [9.17, 15) is 13.6 Å². The SMILES string of the molecule is CN(C)C=NCCCn1cc(-n2c(-c3cn(C)c4cccc(F)c34)n[nH]c2=O)c2cc(F)ccc21. The summed E-state index contributed by atoms with van der Waals surface area (Å²) in [5, 5.41) is 7.64. The van der Waals surface area contributed by atoms with E-state index >= 15 is 0 Å². The molecule has 2 aromatic carbocycles. The quantitative estimate of drug-likeness (QED) is 0.219. The number of nitrogens with one attached hydrogen (secondary N) is 1. The molecule has 0 radical (unpaired) electrons. The molecule has 0 aliphatic rings. The van der Waals surface area contributed by atoms with E-state index in [1.165, 1.54) is 22.8 Å². The van der Waals surface area contributed by atoms with E-state index in [4.69, 9.17) is 0 Å². The van der Waals surface area contributed by atoms with Gasteiger partial charge in [0, 0.05) is 63.0 Å². The topological polar surface area (TPSA) is 76.1 Å². The van der Waals surface area contributed by atoms with E-state index in [1.807, 2.05) is 29.8 Å². The van der Waals surface area contributed by atoms with Crippen LogP contribution in [0, 0.1) is 11.6 Å². The van der Waals surface area contributed by atoms with Crippen molar-refractivity contribution in [2.45, 2.75) is 13.0 Å². The Morgan fingerprint density at radius 1 is 1.14 bits per heavy atom. The van der Waals surface area contributed by atoms with Crippen LogP contribution in [0.25, 0.3) is 38.9 Å². The predicted molar refractivity (Wildman–Crippen MR) is 133 cm³/mol. The van der Waals surface area contributed by atoms with Crippen LogP contribution in [-0.2, 0) is 13.6 Å². The highest BCUT2D eigenvalue weighted by Gasteiger charge is 2.22. The van der Waals surface area contributed by atoms with Gasteiger partial charge in [-0.25, -0.2) is 23.2 Å². The first-order valence-corrected chi connectivity index (χ1v) is 11.2. The number of hydrogen-bond acceptors (Lipinski definition) is 3. The highest BCUT2D eigenvalue weighted by molar-refractivity contribution is 5.96. The highest BCUT2D eigenvalue weighted by Crippen LogP contribution is 2.33. The second kappa shape index (κ2) is 8.86. The molecule has 1 N–H and O–H groups in total. The Kier molecular flexibility index (Phi) is 5.72. The summed E-state index contributed by atoms with van der Waals surface area (Å²) in [5.74, 6) is -0.571. The van der Waals surface area contributed by atoms with Crippen LogP contribution < -0.4 is 5.69 Å². The number of benzene rings is 2. The molecule has 3 aromatic heterocycles. The third-order valence-electron chi connectivity index (χ3n) is 5.94. The lowest BCUT2D eigenvalue weighted by Crippen LogP contribution is -2.15. The van der Waals surface area contributed by atoms with Crippen LogP contribution in [0.4, 0.5) is 8.78 Å². The number of halogens is 2. The third kappa shape index (κ3) is 4.01. The Hall–Kier alpha value is -4.21. The highest BCUT2D eigenvalue weighted by atomic mass is 19.1. The number of aryl methyl sites for hydroxylation is 2. The predicted octanol–water partition coefficient (Wildman–Crippen LogP) is 3.93. The van der Waals surface area contributed by atoms with Crippen molar-refractivity contribution >= 4 is 28.1 Å². The standard InChI is InChI=1S/C25H25F2N7O/c1-31(2)15-28-10-5-11-33-14-22(17-12-16(26)8-9-20(17)33)34-24(29-30-25(34)35)18-13-32(3)21-7-4-6-19(27)23(18)21/h4,6-9,12-15H,5,10-11H2,1-3H3,(H,30,35). The van der Waals surface area contributed by atoms with Crippen molar-refractivity contribution in [1.29, 1.82) is 0 Å². The van der Waals surface area contributed by atoms with Crippen LogP contribution in [0.3, 0.4) is 0 Å². The third-order valence-corrected chi connectivity index (χ3v) is 5.94. The monoisotopic (exact) mass is 477 g/mol. The summed E-state index contributed by atoms with van der Waals surface area (Å²) in [6.07, 6.45) is 6.06. The van der Waals surface area contributed by atoms with Gasteiger partial charge in [-0.05, 0) is 36.8 Å². The molecule has 10 heteroatoms. The van der Waals surface area contributed by atoms with Gasteiger partial charge in [-0.3, -0.25) is 4.99 Å². The molecule has 0 amide bonds. The molecule has 5 rings (SSSR count). The lowest BCUT2D eigenvalue weighted by atomic mass is 10.1. The summed E-state index contributed by atoms with van der Waals surface area (Å²) in [6.45, 7) is 1.25. The van der Waals surface area contributed by atoms with Gasteiger partial charge in [0.15, 0.2) is 5.82 Å². The molecule has 180 valence electrons. The summed E-state index contributed by atoms with van der Waals surface area (Å²) >= 11 is 0. The molecule has 3 heterocycles. The Bertz CT molecular complexity index is 1620. The number of aromatic amines is 1. The fourth-order valence-electron chi connectivity index (χ4n) is 4.44. The van der Waals surface area contributed by atoms with Gasteiger partial charge in [-0.15, -0.1) is 0 Å². The average molecular weight is 478 g/mol. The second-order valence-electron chi connectivity index (χ2n) is 8.68. The van der Waals surface area contributed by atoms with Crippen molar-refractivity contribution in [3.63, 3.8) is 0 Å². The molecule has 0 spiro atoms. The minimum atomic E-state index is -0.493. The zero-order valence-corrected chi connectivity index (χ0v) is 19.7. The van der Waals surface area contributed by atoms with Crippen LogP contribution in [0.2, 0.25) is 0 Å². The Morgan fingerprint density at radius 2 is 1.97 bits per heavy atom. The molecule has 5 aromatic rings.